The Balaban J connectivity index is 3.06. The van der Waals surface area contributed by atoms with Crippen LogP contribution in [0.3, 0.4) is 0 Å². The first-order chi connectivity index (χ1) is 10.4. The van der Waals surface area contributed by atoms with E-state index in [9.17, 15) is 20.0 Å². The van der Waals surface area contributed by atoms with Crippen molar-refractivity contribution in [2.24, 2.45) is 0 Å². The lowest BCUT2D eigenvalue weighted by Crippen LogP contribution is -2.47. The third-order valence-corrected chi connectivity index (χ3v) is 8.82. The van der Waals surface area contributed by atoms with Crippen molar-refractivity contribution in [1.82, 2.24) is 0 Å². The highest BCUT2D eigenvalue weighted by Gasteiger charge is 2.42. The van der Waals surface area contributed by atoms with Crippen LogP contribution in [0.25, 0.3) is 0 Å². The molecule has 1 N–H and O–H groups in total. The molecule has 6 nitrogen and oxygen atoms in total. The van der Waals surface area contributed by atoms with Gasteiger partial charge in [0.1, 0.15) is 12.2 Å². The molecule has 0 aliphatic rings. The van der Waals surface area contributed by atoms with Gasteiger partial charge in [-0.05, 0) is 42.8 Å². The van der Waals surface area contributed by atoms with Crippen LogP contribution in [0.15, 0.2) is 24.3 Å². The molecule has 0 radical (unpaired) electrons. The molecule has 0 bridgehead atoms. The van der Waals surface area contributed by atoms with Crippen molar-refractivity contribution in [3.63, 3.8) is 0 Å². The highest BCUT2D eigenvalue weighted by molar-refractivity contribution is 6.74. The van der Waals surface area contributed by atoms with E-state index in [2.05, 4.69) is 20.8 Å². The summed E-state index contributed by atoms with van der Waals surface area (Å²) in [6.45, 7) is 11.5. The smallest absolute Gasteiger partial charge is 0.269 e. The molecule has 1 aromatic carbocycles. The summed E-state index contributed by atoms with van der Waals surface area (Å²) >= 11 is 0. The molecule has 0 fully saturated rings. The number of hydrogen-bond donors (Lipinski definition) is 1. The third-order valence-electron chi connectivity index (χ3n) is 4.36. The summed E-state index contributed by atoms with van der Waals surface area (Å²) in [7, 11) is -2.24. The van der Waals surface area contributed by atoms with E-state index < -0.39 is 25.4 Å². The number of nitro groups is 1. The fourth-order valence-electron chi connectivity index (χ4n) is 1.83. The molecule has 0 spiro atoms. The van der Waals surface area contributed by atoms with Crippen LogP contribution >= 0.6 is 0 Å². The Morgan fingerprint density at radius 3 is 2.09 bits per heavy atom. The van der Waals surface area contributed by atoms with E-state index in [1.807, 2.05) is 13.1 Å². The molecule has 0 amide bonds. The lowest BCUT2D eigenvalue weighted by molar-refractivity contribution is -0.384. The summed E-state index contributed by atoms with van der Waals surface area (Å²) in [6.07, 6.45) is -2.13. The summed E-state index contributed by atoms with van der Waals surface area (Å²) in [6, 6.07) is 5.52. The molecule has 2 atom stereocenters. The normalized spacial score (nSPS) is 15.1. The van der Waals surface area contributed by atoms with Gasteiger partial charge in [0.05, 0.1) is 4.92 Å². The molecule has 0 saturated heterocycles. The van der Waals surface area contributed by atoms with Crippen LogP contribution in [-0.2, 0) is 9.22 Å². The van der Waals surface area contributed by atoms with Crippen molar-refractivity contribution >= 4 is 19.8 Å². The highest BCUT2D eigenvalue weighted by atomic mass is 28.4. The second kappa shape index (κ2) is 6.90. The number of carbonyl (C=O) groups is 1. The predicted octanol–water partition coefficient (Wildman–Crippen LogP) is 3.61. The van der Waals surface area contributed by atoms with E-state index >= 15 is 0 Å². The van der Waals surface area contributed by atoms with Crippen LogP contribution in [0.1, 0.15) is 39.4 Å². The highest BCUT2D eigenvalue weighted by Crippen LogP contribution is 2.39. The average molecular weight is 339 g/mol. The minimum Gasteiger partial charge on any atom is -0.404 e. The Kier molecular flexibility index (Phi) is 5.84. The maximum atomic E-state index is 12.0. The summed E-state index contributed by atoms with van der Waals surface area (Å²) in [5.74, 6) is -0.263. The third kappa shape index (κ3) is 4.70. The standard InChI is InChI=1S/C16H25NO5Si/c1-11(18)15(22-23(5,6)16(2,3)4)14(19)12-7-9-13(10-8-12)17(20)21/h7-10,14-15,19H,1-6H3/t14-,15-/m0/s1. The maximum absolute atomic E-state index is 12.0. The molecule has 0 aliphatic heterocycles. The lowest BCUT2D eigenvalue weighted by Gasteiger charge is -2.39. The molecule has 23 heavy (non-hydrogen) atoms. The Morgan fingerprint density at radius 2 is 1.74 bits per heavy atom. The Morgan fingerprint density at radius 1 is 1.26 bits per heavy atom. The van der Waals surface area contributed by atoms with Crippen LogP contribution in [0.2, 0.25) is 18.1 Å². The minimum atomic E-state index is -2.24. The first kappa shape index (κ1) is 19.5. The van der Waals surface area contributed by atoms with E-state index in [1.165, 1.54) is 31.2 Å². The number of non-ortho nitro benzene ring substituents is 1. The second-order valence-electron chi connectivity index (χ2n) is 7.20. The van der Waals surface area contributed by atoms with Crippen molar-refractivity contribution in [3.8, 4) is 0 Å². The number of carbonyl (C=O) groups excluding carboxylic acids is 1. The average Bonchev–Trinajstić information content (AvgIpc) is 2.42. The van der Waals surface area contributed by atoms with E-state index in [0.717, 1.165) is 0 Å². The van der Waals surface area contributed by atoms with E-state index in [4.69, 9.17) is 4.43 Å². The number of benzene rings is 1. The predicted molar refractivity (Wildman–Crippen MR) is 90.8 cm³/mol. The van der Waals surface area contributed by atoms with Gasteiger partial charge in [-0.15, -0.1) is 0 Å². The lowest BCUT2D eigenvalue weighted by atomic mass is 10.0. The minimum absolute atomic E-state index is 0.0642. The maximum Gasteiger partial charge on any atom is 0.269 e. The number of aliphatic hydroxyl groups excluding tert-OH is 1. The van der Waals surface area contributed by atoms with Crippen LogP contribution in [0, 0.1) is 10.1 Å². The summed E-state index contributed by atoms with van der Waals surface area (Å²) in [4.78, 5) is 22.2. The fourth-order valence-corrected chi connectivity index (χ4v) is 3.12. The molecule has 1 rings (SSSR count). The van der Waals surface area contributed by atoms with Crippen molar-refractivity contribution in [3.05, 3.63) is 39.9 Å². The summed E-state index contributed by atoms with van der Waals surface area (Å²) in [5.41, 5.74) is 0.361. The van der Waals surface area contributed by atoms with Gasteiger partial charge in [0.25, 0.3) is 5.69 Å². The number of aliphatic hydroxyl groups is 1. The Bertz CT molecular complexity index is 577. The zero-order chi connectivity index (χ0) is 18.0. The van der Waals surface area contributed by atoms with Gasteiger partial charge in [-0.1, -0.05) is 20.8 Å². The molecule has 0 aliphatic carbocycles. The van der Waals surface area contributed by atoms with E-state index in [1.54, 1.807) is 0 Å². The largest absolute Gasteiger partial charge is 0.404 e. The van der Waals surface area contributed by atoms with Crippen LogP contribution in [0.5, 0.6) is 0 Å². The second-order valence-corrected chi connectivity index (χ2v) is 12.0. The number of Topliss-reactive ketones (excluding diaryl/α,β-unsaturated/α-hetero) is 1. The molecule has 128 valence electrons. The quantitative estimate of drug-likeness (QED) is 0.486. The molecule has 1 aromatic rings. The van der Waals surface area contributed by atoms with Crippen LogP contribution in [-0.4, -0.2) is 30.2 Å². The topological polar surface area (TPSA) is 89.7 Å². The zero-order valence-electron chi connectivity index (χ0n) is 14.5. The van der Waals surface area contributed by atoms with Gasteiger partial charge in [-0.25, -0.2) is 0 Å². The number of nitro benzene ring substituents is 1. The SMILES string of the molecule is CC(=O)[C@H](O[Si](C)(C)C(C)(C)C)[C@@H](O)c1ccc([N+](=O)[O-])cc1. The molecule has 0 unspecified atom stereocenters. The Labute approximate surface area is 137 Å². The van der Waals surface area contributed by atoms with Crippen molar-refractivity contribution < 1.29 is 19.3 Å². The summed E-state index contributed by atoms with van der Waals surface area (Å²) in [5, 5.41) is 21.1. The van der Waals surface area contributed by atoms with E-state index in [0.29, 0.717) is 5.56 Å². The van der Waals surface area contributed by atoms with Gasteiger partial charge in [0.2, 0.25) is 0 Å². The summed E-state index contributed by atoms with van der Waals surface area (Å²) < 4.78 is 6.06. The van der Waals surface area contributed by atoms with Gasteiger partial charge in [0.15, 0.2) is 14.1 Å². The zero-order valence-corrected chi connectivity index (χ0v) is 15.5. The fraction of sp³-hybridized carbons (Fsp3) is 0.562. The molecule has 0 aromatic heterocycles. The van der Waals surface area contributed by atoms with Crippen molar-refractivity contribution in [1.29, 1.82) is 0 Å². The molecule has 0 saturated carbocycles. The molecule has 0 heterocycles. The monoisotopic (exact) mass is 339 g/mol. The molecular weight excluding hydrogens is 314 g/mol. The molecular formula is C16H25NO5Si. The number of hydrogen-bond acceptors (Lipinski definition) is 5. The van der Waals surface area contributed by atoms with Gasteiger partial charge < -0.3 is 9.53 Å². The first-order valence-electron chi connectivity index (χ1n) is 7.47. The van der Waals surface area contributed by atoms with E-state index in [-0.39, 0.29) is 16.5 Å². The van der Waals surface area contributed by atoms with Gasteiger partial charge in [-0.2, -0.15) is 0 Å². The first-order valence-corrected chi connectivity index (χ1v) is 10.4. The Hall–Kier alpha value is -1.57. The van der Waals surface area contributed by atoms with Crippen molar-refractivity contribution in [2.75, 3.05) is 0 Å². The van der Waals surface area contributed by atoms with Crippen LogP contribution < -0.4 is 0 Å². The van der Waals surface area contributed by atoms with Gasteiger partial charge in [0, 0.05) is 12.1 Å². The van der Waals surface area contributed by atoms with Gasteiger partial charge in [-0.3, -0.25) is 14.9 Å². The molecule has 7 heteroatoms. The number of ketones is 1. The number of rotatable bonds is 6. The number of nitrogens with zero attached hydrogens (tertiary/aromatic N) is 1. The van der Waals surface area contributed by atoms with Crippen molar-refractivity contribution in [2.45, 2.75) is 58.0 Å². The van der Waals surface area contributed by atoms with Gasteiger partial charge >= 0.3 is 0 Å². The van der Waals surface area contributed by atoms with Crippen LogP contribution in [0.4, 0.5) is 5.69 Å².